The summed E-state index contributed by atoms with van der Waals surface area (Å²) < 4.78 is 5.09. The monoisotopic (exact) mass is 251 g/mol. The Hall–Kier alpha value is -0.250. The second kappa shape index (κ2) is 5.47. The van der Waals surface area contributed by atoms with Crippen molar-refractivity contribution in [2.75, 3.05) is 5.33 Å². The summed E-state index contributed by atoms with van der Waals surface area (Å²) in [7, 11) is 0. The molecular weight excluding hydrogens is 234 g/mol. The molecule has 0 rings (SSSR count). The van der Waals surface area contributed by atoms with Gasteiger partial charge in [0.15, 0.2) is 0 Å². The summed E-state index contributed by atoms with van der Waals surface area (Å²) in [6.45, 7) is 7.50. The molecule has 1 amide bonds. The van der Waals surface area contributed by atoms with Gasteiger partial charge < -0.3 is 10.1 Å². The van der Waals surface area contributed by atoms with Crippen LogP contribution in [0.4, 0.5) is 4.79 Å². The number of hydrogen-bond acceptors (Lipinski definition) is 2. The van der Waals surface area contributed by atoms with Crippen LogP contribution in [0.5, 0.6) is 0 Å². The zero-order valence-electron chi connectivity index (χ0n) is 8.69. The second-order valence-corrected chi connectivity index (χ2v) is 4.82. The van der Waals surface area contributed by atoms with Crippen LogP contribution in [-0.4, -0.2) is 23.1 Å². The van der Waals surface area contributed by atoms with E-state index in [9.17, 15) is 4.79 Å². The summed E-state index contributed by atoms with van der Waals surface area (Å²) in [6, 6.07) is 0.147. The highest BCUT2D eigenvalue weighted by atomic mass is 79.9. The summed E-state index contributed by atoms with van der Waals surface area (Å²) >= 11 is 3.31. The summed E-state index contributed by atoms with van der Waals surface area (Å²) in [5, 5.41) is 3.63. The molecule has 0 spiro atoms. The van der Waals surface area contributed by atoms with Crippen molar-refractivity contribution in [1.82, 2.24) is 5.32 Å². The van der Waals surface area contributed by atoms with E-state index in [1.54, 1.807) is 0 Å². The maximum absolute atomic E-state index is 11.2. The number of rotatable bonds is 3. The van der Waals surface area contributed by atoms with Gasteiger partial charge in [0.1, 0.15) is 5.60 Å². The van der Waals surface area contributed by atoms with Gasteiger partial charge in [0.2, 0.25) is 0 Å². The highest BCUT2D eigenvalue weighted by Gasteiger charge is 2.17. The standard InChI is InChI=1S/C9H18BrNO2/c1-7(5-6-10)11-8(12)13-9(2,3)4/h7H,5-6H2,1-4H3,(H,11,12)/t7-/m1/s1. The highest BCUT2D eigenvalue weighted by molar-refractivity contribution is 9.09. The van der Waals surface area contributed by atoms with Crippen LogP contribution in [-0.2, 0) is 4.74 Å². The lowest BCUT2D eigenvalue weighted by atomic mass is 10.2. The molecule has 0 aromatic rings. The maximum Gasteiger partial charge on any atom is 0.407 e. The van der Waals surface area contributed by atoms with Crippen LogP contribution < -0.4 is 5.32 Å². The molecule has 0 aliphatic carbocycles. The van der Waals surface area contributed by atoms with E-state index >= 15 is 0 Å². The Morgan fingerprint density at radius 3 is 2.46 bits per heavy atom. The Bertz CT molecular complexity index is 165. The van der Waals surface area contributed by atoms with Crippen molar-refractivity contribution in [3.8, 4) is 0 Å². The molecule has 13 heavy (non-hydrogen) atoms. The van der Waals surface area contributed by atoms with Crippen molar-refractivity contribution >= 4 is 22.0 Å². The van der Waals surface area contributed by atoms with Crippen molar-refractivity contribution in [3.05, 3.63) is 0 Å². The molecule has 0 aliphatic heterocycles. The number of alkyl carbamates (subject to hydrolysis) is 1. The molecule has 0 aromatic carbocycles. The number of ether oxygens (including phenoxy) is 1. The molecule has 1 N–H and O–H groups in total. The van der Waals surface area contributed by atoms with Crippen molar-refractivity contribution in [3.63, 3.8) is 0 Å². The molecule has 0 saturated carbocycles. The average molecular weight is 252 g/mol. The van der Waals surface area contributed by atoms with Crippen molar-refractivity contribution in [2.45, 2.75) is 45.8 Å². The topological polar surface area (TPSA) is 38.3 Å². The molecule has 0 fully saturated rings. The first kappa shape index (κ1) is 12.8. The minimum absolute atomic E-state index is 0.147. The van der Waals surface area contributed by atoms with Gasteiger partial charge in [-0.25, -0.2) is 4.79 Å². The Kier molecular flexibility index (Phi) is 5.37. The summed E-state index contributed by atoms with van der Waals surface area (Å²) in [5.41, 5.74) is -0.418. The second-order valence-electron chi connectivity index (χ2n) is 4.02. The van der Waals surface area contributed by atoms with Crippen LogP contribution in [0, 0.1) is 0 Å². The van der Waals surface area contributed by atoms with Crippen LogP contribution in [0.3, 0.4) is 0 Å². The quantitative estimate of drug-likeness (QED) is 0.784. The minimum Gasteiger partial charge on any atom is -0.444 e. The molecular formula is C9H18BrNO2. The SMILES string of the molecule is C[C@H](CCBr)NC(=O)OC(C)(C)C. The van der Waals surface area contributed by atoms with Gasteiger partial charge in [-0.2, -0.15) is 0 Å². The molecule has 0 aliphatic rings. The molecule has 1 atom stereocenters. The van der Waals surface area contributed by atoms with Gasteiger partial charge in [-0.05, 0) is 34.1 Å². The Morgan fingerprint density at radius 1 is 1.54 bits per heavy atom. The van der Waals surface area contributed by atoms with E-state index in [4.69, 9.17) is 4.74 Å². The predicted molar refractivity (Wildman–Crippen MR) is 57.2 cm³/mol. The number of halogens is 1. The number of carbonyl (C=O) groups is 1. The molecule has 0 radical (unpaired) electrons. The first-order chi connectivity index (χ1) is 5.85. The van der Waals surface area contributed by atoms with E-state index in [2.05, 4.69) is 21.2 Å². The van der Waals surface area contributed by atoms with Crippen molar-refractivity contribution in [2.24, 2.45) is 0 Å². The van der Waals surface area contributed by atoms with Gasteiger partial charge in [0.05, 0.1) is 0 Å². The summed E-state index contributed by atoms with van der Waals surface area (Å²) in [5.74, 6) is 0. The predicted octanol–water partition coefficient (Wildman–Crippen LogP) is 2.68. The highest BCUT2D eigenvalue weighted by Crippen LogP contribution is 2.07. The number of amides is 1. The Morgan fingerprint density at radius 2 is 2.08 bits per heavy atom. The van der Waals surface area contributed by atoms with E-state index in [0.29, 0.717) is 0 Å². The zero-order chi connectivity index (χ0) is 10.5. The first-order valence-electron chi connectivity index (χ1n) is 4.40. The molecule has 0 bridgehead atoms. The van der Waals surface area contributed by atoms with Gasteiger partial charge in [-0.1, -0.05) is 15.9 Å². The van der Waals surface area contributed by atoms with Crippen LogP contribution >= 0.6 is 15.9 Å². The molecule has 3 nitrogen and oxygen atoms in total. The number of carbonyl (C=O) groups excluding carboxylic acids is 1. The Labute approximate surface area is 88.4 Å². The average Bonchev–Trinajstić information content (AvgIpc) is 1.81. The molecule has 4 heteroatoms. The van der Waals surface area contributed by atoms with Gasteiger partial charge in [-0.15, -0.1) is 0 Å². The van der Waals surface area contributed by atoms with Gasteiger partial charge in [-0.3, -0.25) is 0 Å². The number of alkyl halides is 1. The molecule has 0 heterocycles. The van der Waals surface area contributed by atoms with E-state index in [1.807, 2.05) is 27.7 Å². The largest absolute Gasteiger partial charge is 0.444 e. The lowest BCUT2D eigenvalue weighted by molar-refractivity contribution is 0.0508. The van der Waals surface area contributed by atoms with Gasteiger partial charge in [0.25, 0.3) is 0 Å². The fraction of sp³-hybridized carbons (Fsp3) is 0.889. The lowest BCUT2D eigenvalue weighted by Crippen LogP contribution is -2.37. The van der Waals surface area contributed by atoms with Crippen LogP contribution in [0.2, 0.25) is 0 Å². The summed E-state index contributed by atoms with van der Waals surface area (Å²) in [4.78, 5) is 11.2. The van der Waals surface area contributed by atoms with Crippen LogP contribution in [0.25, 0.3) is 0 Å². The maximum atomic E-state index is 11.2. The number of hydrogen-bond donors (Lipinski definition) is 1. The van der Waals surface area contributed by atoms with E-state index in [-0.39, 0.29) is 12.1 Å². The fourth-order valence-corrected chi connectivity index (χ4v) is 1.43. The molecule has 0 saturated heterocycles. The van der Waals surface area contributed by atoms with E-state index < -0.39 is 5.60 Å². The van der Waals surface area contributed by atoms with Gasteiger partial charge >= 0.3 is 6.09 Å². The fourth-order valence-electron chi connectivity index (χ4n) is 0.745. The Balaban J connectivity index is 3.74. The molecule has 78 valence electrons. The third kappa shape index (κ3) is 8.09. The number of nitrogens with one attached hydrogen (secondary N) is 1. The van der Waals surface area contributed by atoms with Crippen molar-refractivity contribution in [1.29, 1.82) is 0 Å². The zero-order valence-corrected chi connectivity index (χ0v) is 10.3. The van der Waals surface area contributed by atoms with Crippen LogP contribution in [0.15, 0.2) is 0 Å². The third-order valence-electron chi connectivity index (χ3n) is 1.31. The van der Waals surface area contributed by atoms with Crippen molar-refractivity contribution < 1.29 is 9.53 Å². The lowest BCUT2D eigenvalue weighted by Gasteiger charge is -2.21. The molecule has 0 unspecified atom stereocenters. The smallest absolute Gasteiger partial charge is 0.407 e. The van der Waals surface area contributed by atoms with Gasteiger partial charge in [0, 0.05) is 11.4 Å². The van der Waals surface area contributed by atoms with E-state index in [1.165, 1.54) is 0 Å². The normalized spacial score (nSPS) is 13.6. The van der Waals surface area contributed by atoms with Crippen LogP contribution in [0.1, 0.15) is 34.1 Å². The summed E-state index contributed by atoms with van der Waals surface area (Å²) in [6.07, 6.45) is 0.556. The minimum atomic E-state index is -0.418. The third-order valence-corrected chi connectivity index (χ3v) is 1.76. The first-order valence-corrected chi connectivity index (χ1v) is 5.53. The van der Waals surface area contributed by atoms with E-state index in [0.717, 1.165) is 11.8 Å². The molecule has 0 aromatic heterocycles.